The van der Waals surface area contributed by atoms with Gasteiger partial charge in [0.05, 0.1) is 19.0 Å². The van der Waals surface area contributed by atoms with Gasteiger partial charge in [-0.25, -0.2) is 9.78 Å². The summed E-state index contributed by atoms with van der Waals surface area (Å²) in [7, 11) is 1.60. The summed E-state index contributed by atoms with van der Waals surface area (Å²) in [5.41, 5.74) is 1.30. The van der Waals surface area contributed by atoms with E-state index in [2.05, 4.69) is 20.5 Å². The van der Waals surface area contributed by atoms with Crippen molar-refractivity contribution in [3.63, 3.8) is 0 Å². The minimum absolute atomic E-state index is 0.185. The second kappa shape index (κ2) is 9.02. The van der Waals surface area contributed by atoms with Crippen LogP contribution in [0.3, 0.4) is 0 Å². The Kier molecular flexibility index (Phi) is 6.02. The summed E-state index contributed by atoms with van der Waals surface area (Å²) in [6.07, 6.45) is 5.49. The van der Waals surface area contributed by atoms with Crippen molar-refractivity contribution in [2.24, 2.45) is 0 Å². The fraction of sp³-hybridized carbons (Fsp3) is 0.409. The van der Waals surface area contributed by atoms with Gasteiger partial charge >= 0.3 is 6.03 Å². The normalized spacial score (nSPS) is 18.4. The molecule has 2 fully saturated rings. The van der Waals surface area contributed by atoms with Gasteiger partial charge in [0.15, 0.2) is 0 Å². The molecule has 2 saturated heterocycles. The summed E-state index contributed by atoms with van der Waals surface area (Å²) in [5, 5.41) is 5.76. The van der Waals surface area contributed by atoms with Crippen molar-refractivity contribution in [1.29, 1.82) is 0 Å². The summed E-state index contributed by atoms with van der Waals surface area (Å²) in [6.45, 7) is 2.60. The Labute approximate surface area is 176 Å². The largest absolute Gasteiger partial charge is 0.497 e. The van der Waals surface area contributed by atoms with E-state index in [-0.39, 0.29) is 11.9 Å². The fourth-order valence-corrected chi connectivity index (χ4v) is 3.97. The van der Waals surface area contributed by atoms with Crippen LogP contribution < -0.4 is 20.3 Å². The molecule has 0 saturated carbocycles. The lowest BCUT2D eigenvalue weighted by atomic mass is 10.2. The Bertz CT molecular complexity index is 879. The van der Waals surface area contributed by atoms with E-state index in [4.69, 9.17) is 4.74 Å². The van der Waals surface area contributed by atoms with E-state index in [1.807, 2.05) is 12.1 Å². The van der Waals surface area contributed by atoms with E-state index in [1.54, 1.807) is 42.5 Å². The highest BCUT2D eigenvalue weighted by Crippen LogP contribution is 2.23. The van der Waals surface area contributed by atoms with Crippen LogP contribution in [0.25, 0.3) is 0 Å². The van der Waals surface area contributed by atoms with Crippen LogP contribution in [0, 0.1) is 0 Å². The van der Waals surface area contributed by atoms with Crippen molar-refractivity contribution < 1.29 is 14.3 Å². The third-order valence-corrected chi connectivity index (χ3v) is 5.60. The van der Waals surface area contributed by atoms with Crippen molar-refractivity contribution in [3.8, 4) is 5.75 Å². The molecule has 30 heavy (non-hydrogen) atoms. The van der Waals surface area contributed by atoms with Crippen molar-refractivity contribution >= 4 is 29.1 Å². The number of benzene rings is 1. The molecule has 8 nitrogen and oxygen atoms in total. The number of amides is 3. The summed E-state index contributed by atoms with van der Waals surface area (Å²) < 4.78 is 5.13. The number of anilines is 3. The number of hydrogen-bond acceptors (Lipinski definition) is 5. The third kappa shape index (κ3) is 4.48. The standard InChI is InChI=1S/C22H27N5O3/c1-30-18-9-6-16(7-10-18)24-21(28)19-5-4-14-27(19)22(29)25-17-8-11-20(23-15-17)26-12-2-3-13-26/h6-11,15,19H,2-5,12-14H2,1H3,(H,24,28)(H,25,29). The van der Waals surface area contributed by atoms with Crippen LogP contribution in [0.15, 0.2) is 42.6 Å². The molecule has 2 aliphatic rings. The van der Waals surface area contributed by atoms with E-state index in [0.29, 0.717) is 24.3 Å². The SMILES string of the molecule is COc1ccc(NC(=O)C2CCCN2C(=O)Nc2ccc(N3CCCC3)nc2)cc1. The Hall–Kier alpha value is -3.29. The van der Waals surface area contributed by atoms with Crippen LogP contribution in [-0.2, 0) is 4.79 Å². The summed E-state index contributed by atoms with van der Waals surface area (Å²) >= 11 is 0. The van der Waals surface area contributed by atoms with Crippen LogP contribution in [-0.4, -0.2) is 54.6 Å². The molecule has 1 aromatic heterocycles. The highest BCUT2D eigenvalue weighted by atomic mass is 16.5. The minimum atomic E-state index is -0.496. The van der Waals surface area contributed by atoms with Crippen molar-refractivity contribution in [2.45, 2.75) is 31.7 Å². The molecule has 3 heterocycles. The number of nitrogens with zero attached hydrogens (tertiary/aromatic N) is 3. The van der Waals surface area contributed by atoms with Crippen LogP contribution in [0.1, 0.15) is 25.7 Å². The van der Waals surface area contributed by atoms with E-state index in [9.17, 15) is 9.59 Å². The first-order chi connectivity index (χ1) is 14.6. The molecule has 2 aliphatic heterocycles. The summed E-state index contributed by atoms with van der Waals surface area (Å²) in [6, 6.07) is 10.1. The van der Waals surface area contributed by atoms with Gasteiger partial charge in [0.1, 0.15) is 17.6 Å². The van der Waals surface area contributed by atoms with E-state index in [0.717, 1.165) is 31.1 Å². The number of ether oxygens (including phenoxy) is 1. The maximum absolute atomic E-state index is 12.8. The number of hydrogen-bond donors (Lipinski definition) is 2. The quantitative estimate of drug-likeness (QED) is 0.791. The molecular formula is C22H27N5O3. The Morgan fingerprint density at radius 1 is 0.967 bits per heavy atom. The number of urea groups is 1. The zero-order chi connectivity index (χ0) is 20.9. The van der Waals surface area contributed by atoms with Gasteiger partial charge in [-0.15, -0.1) is 0 Å². The lowest BCUT2D eigenvalue weighted by molar-refractivity contribution is -0.119. The second-order valence-corrected chi connectivity index (χ2v) is 7.60. The highest BCUT2D eigenvalue weighted by Gasteiger charge is 2.34. The first kappa shape index (κ1) is 20.0. The van der Waals surface area contributed by atoms with Crippen molar-refractivity contribution in [1.82, 2.24) is 9.88 Å². The fourth-order valence-electron chi connectivity index (χ4n) is 3.97. The molecule has 2 aromatic rings. The number of methoxy groups -OCH3 is 1. The van der Waals surface area contributed by atoms with Crippen LogP contribution in [0.4, 0.5) is 22.0 Å². The zero-order valence-corrected chi connectivity index (χ0v) is 17.1. The lowest BCUT2D eigenvalue weighted by Crippen LogP contribution is -2.45. The molecule has 3 amide bonds. The van der Waals surface area contributed by atoms with E-state index < -0.39 is 6.04 Å². The number of nitrogens with one attached hydrogen (secondary N) is 2. The Morgan fingerprint density at radius 3 is 2.37 bits per heavy atom. The Balaban J connectivity index is 1.36. The average Bonchev–Trinajstić information content (AvgIpc) is 3.47. The predicted octanol–water partition coefficient (Wildman–Crippen LogP) is 3.33. The van der Waals surface area contributed by atoms with Crippen LogP contribution >= 0.6 is 0 Å². The Morgan fingerprint density at radius 2 is 1.70 bits per heavy atom. The van der Waals surface area contributed by atoms with Gasteiger partial charge in [-0.05, 0) is 62.1 Å². The monoisotopic (exact) mass is 409 g/mol. The number of pyridine rings is 1. The first-order valence-corrected chi connectivity index (χ1v) is 10.4. The van der Waals surface area contributed by atoms with Crippen molar-refractivity contribution in [2.75, 3.05) is 42.3 Å². The molecule has 4 rings (SSSR count). The molecule has 0 radical (unpaired) electrons. The maximum Gasteiger partial charge on any atom is 0.322 e. The van der Waals surface area contributed by atoms with E-state index >= 15 is 0 Å². The van der Waals surface area contributed by atoms with Gasteiger partial charge in [-0.2, -0.15) is 0 Å². The molecule has 0 spiro atoms. The van der Waals surface area contributed by atoms with Gasteiger partial charge in [0, 0.05) is 25.3 Å². The molecule has 8 heteroatoms. The molecule has 158 valence electrons. The number of aromatic nitrogens is 1. The predicted molar refractivity (Wildman–Crippen MR) is 116 cm³/mol. The molecule has 0 aliphatic carbocycles. The lowest BCUT2D eigenvalue weighted by Gasteiger charge is -2.24. The average molecular weight is 409 g/mol. The summed E-state index contributed by atoms with van der Waals surface area (Å²) in [4.78, 5) is 33.8. The molecule has 0 bridgehead atoms. The molecular weight excluding hydrogens is 382 g/mol. The van der Waals surface area contributed by atoms with Crippen LogP contribution in [0.2, 0.25) is 0 Å². The molecule has 1 unspecified atom stereocenters. The summed E-state index contributed by atoms with van der Waals surface area (Å²) in [5.74, 6) is 1.47. The second-order valence-electron chi connectivity index (χ2n) is 7.60. The van der Waals surface area contributed by atoms with E-state index in [1.165, 1.54) is 12.8 Å². The third-order valence-electron chi connectivity index (χ3n) is 5.60. The van der Waals surface area contributed by atoms with Gasteiger partial charge in [-0.1, -0.05) is 0 Å². The maximum atomic E-state index is 12.8. The highest BCUT2D eigenvalue weighted by molar-refractivity contribution is 5.99. The van der Waals surface area contributed by atoms with Gasteiger partial charge in [0.2, 0.25) is 5.91 Å². The number of carbonyl (C=O) groups excluding carboxylic acids is 2. The topological polar surface area (TPSA) is 86.8 Å². The molecule has 1 aromatic carbocycles. The number of likely N-dealkylation sites (tertiary alicyclic amines) is 1. The van der Waals surface area contributed by atoms with Gasteiger partial charge in [0.25, 0.3) is 0 Å². The smallest absolute Gasteiger partial charge is 0.322 e. The number of carbonyl (C=O) groups is 2. The molecule has 2 N–H and O–H groups in total. The minimum Gasteiger partial charge on any atom is -0.497 e. The van der Waals surface area contributed by atoms with Gasteiger partial charge in [-0.3, -0.25) is 4.79 Å². The van der Waals surface area contributed by atoms with Crippen LogP contribution in [0.5, 0.6) is 5.75 Å². The van der Waals surface area contributed by atoms with Gasteiger partial charge < -0.3 is 25.2 Å². The molecule has 1 atom stereocenters. The van der Waals surface area contributed by atoms with Crippen molar-refractivity contribution in [3.05, 3.63) is 42.6 Å². The first-order valence-electron chi connectivity index (χ1n) is 10.4. The number of rotatable bonds is 5. The zero-order valence-electron chi connectivity index (χ0n) is 17.1.